The molecule has 0 bridgehead atoms. The predicted molar refractivity (Wildman–Crippen MR) is 117 cm³/mol. The Bertz CT molecular complexity index is 1040. The lowest BCUT2D eigenvalue weighted by Gasteiger charge is -2.33. The van der Waals surface area contributed by atoms with Gasteiger partial charge in [-0.05, 0) is 37.1 Å². The van der Waals surface area contributed by atoms with Crippen LogP contribution in [-0.2, 0) is 4.79 Å². The van der Waals surface area contributed by atoms with Gasteiger partial charge in [-0.25, -0.2) is 9.97 Å². The van der Waals surface area contributed by atoms with Crippen LogP contribution in [0.5, 0.6) is 0 Å². The lowest BCUT2D eigenvalue weighted by molar-refractivity contribution is -0.140. The summed E-state index contributed by atoms with van der Waals surface area (Å²) in [6, 6.07) is 9.32. The Labute approximate surface area is 186 Å². The number of anilines is 3. The molecule has 2 N–H and O–H groups in total. The number of piperidine rings is 1. The molecule has 4 heterocycles. The van der Waals surface area contributed by atoms with Crippen molar-refractivity contribution in [2.45, 2.75) is 19.0 Å². The number of nitrogens with one attached hydrogen (secondary N) is 2. The van der Waals surface area contributed by atoms with E-state index in [1.807, 2.05) is 45.9 Å². The van der Waals surface area contributed by atoms with E-state index in [0.29, 0.717) is 23.9 Å². The molecule has 0 aliphatic carbocycles. The van der Waals surface area contributed by atoms with Crippen molar-refractivity contribution in [2.75, 3.05) is 29.9 Å². The number of thiazole rings is 1. The quantitative estimate of drug-likeness (QED) is 0.570. The van der Waals surface area contributed by atoms with E-state index in [2.05, 4.69) is 20.3 Å². The standard InChI is InChI=1S/C21H21F3N6OS/c22-21(23,24)13-27-19(31)14-4-3-9-30(11-14)15-6-7-18(26-10-15)29-20-28-17(12-32-20)16-5-1-2-8-25-16/h1-2,5-8,10,12,14H,3-4,9,11,13H2,(H,27,31)(H,26,28,29). The highest BCUT2D eigenvalue weighted by Gasteiger charge is 2.31. The van der Waals surface area contributed by atoms with E-state index >= 15 is 0 Å². The van der Waals surface area contributed by atoms with Gasteiger partial charge < -0.3 is 15.5 Å². The van der Waals surface area contributed by atoms with Gasteiger partial charge in [-0.3, -0.25) is 9.78 Å². The number of hydrogen-bond acceptors (Lipinski definition) is 7. The summed E-state index contributed by atoms with van der Waals surface area (Å²) in [5.74, 6) is -0.429. The minimum absolute atomic E-state index is 0.359. The monoisotopic (exact) mass is 462 g/mol. The number of alkyl halides is 3. The normalized spacial score (nSPS) is 16.6. The third kappa shape index (κ3) is 5.72. The van der Waals surface area contributed by atoms with Crippen LogP contribution in [0.3, 0.4) is 0 Å². The molecule has 1 aliphatic heterocycles. The molecule has 0 spiro atoms. The maximum atomic E-state index is 12.4. The van der Waals surface area contributed by atoms with Gasteiger partial charge in [0.05, 0.1) is 23.5 Å². The second-order valence-electron chi connectivity index (χ2n) is 7.40. The Balaban J connectivity index is 1.35. The molecule has 11 heteroatoms. The average Bonchev–Trinajstić information content (AvgIpc) is 3.27. The molecule has 1 unspecified atom stereocenters. The largest absolute Gasteiger partial charge is 0.405 e. The van der Waals surface area contributed by atoms with Crippen molar-refractivity contribution in [3.05, 3.63) is 48.1 Å². The molecule has 1 amide bonds. The van der Waals surface area contributed by atoms with Crippen molar-refractivity contribution in [2.24, 2.45) is 5.92 Å². The van der Waals surface area contributed by atoms with E-state index in [1.165, 1.54) is 11.3 Å². The van der Waals surface area contributed by atoms with Crippen molar-refractivity contribution < 1.29 is 18.0 Å². The van der Waals surface area contributed by atoms with Crippen molar-refractivity contribution in [1.82, 2.24) is 20.3 Å². The molecule has 0 aromatic carbocycles. The van der Waals surface area contributed by atoms with E-state index in [0.717, 1.165) is 30.0 Å². The highest BCUT2D eigenvalue weighted by atomic mass is 32.1. The Morgan fingerprint density at radius 3 is 2.78 bits per heavy atom. The number of hydrogen-bond donors (Lipinski definition) is 2. The number of carbonyl (C=O) groups is 1. The number of halogens is 3. The molecule has 7 nitrogen and oxygen atoms in total. The number of carbonyl (C=O) groups excluding carboxylic acids is 1. The third-order valence-electron chi connectivity index (χ3n) is 5.03. The van der Waals surface area contributed by atoms with Gasteiger partial charge in [-0.1, -0.05) is 6.07 Å². The van der Waals surface area contributed by atoms with Crippen LogP contribution in [0.2, 0.25) is 0 Å². The summed E-state index contributed by atoms with van der Waals surface area (Å²) in [4.78, 5) is 27.3. The Hall–Kier alpha value is -3.21. The number of rotatable bonds is 6. The van der Waals surface area contributed by atoms with E-state index in [-0.39, 0.29) is 0 Å². The zero-order chi connectivity index (χ0) is 22.6. The molecule has 3 aromatic heterocycles. The highest BCUT2D eigenvalue weighted by Crippen LogP contribution is 2.27. The molecule has 1 atom stereocenters. The smallest absolute Gasteiger partial charge is 0.369 e. The third-order valence-corrected chi connectivity index (χ3v) is 5.79. The number of nitrogens with zero attached hydrogens (tertiary/aromatic N) is 4. The van der Waals surface area contributed by atoms with Crippen LogP contribution in [-0.4, -0.2) is 46.7 Å². The molecular weight excluding hydrogens is 441 g/mol. The minimum Gasteiger partial charge on any atom is -0.369 e. The van der Waals surface area contributed by atoms with Gasteiger partial charge >= 0.3 is 6.18 Å². The summed E-state index contributed by atoms with van der Waals surface area (Å²) in [5, 5.41) is 7.75. The summed E-state index contributed by atoms with van der Waals surface area (Å²) in [7, 11) is 0. The zero-order valence-electron chi connectivity index (χ0n) is 17.0. The first-order chi connectivity index (χ1) is 15.4. The highest BCUT2D eigenvalue weighted by molar-refractivity contribution is 7.14. The van der Waals surface area contributed by atoms with E-state index in [1.54, 1.807) is 12.4 Å². The zero-order valence-corrected chi connectivity index (χ0v) is 17.8. The summed E-state index contributed by atoms with van der Waals surface area (Å²) in [6.07, 6.45) is 0.279. The summed E-state index contributed by atoms with van der Waals surface area (Å²) in [6.45, 7) is -0.224. The molecule has 1 saturated heterocycles. The second kappa shape index (κ2) is 9.51. The van der Waals surface area contributed by atoms with Crippen LogP contribution in [0.15, 0.2) is 48.1 Å². The van der Waals surface area contributed by atoms with Gasteiger partial charge in [0, 0.05) is 24.7 Å². The Morgan fingerprint density at radius 2 is 2.06 bits per heavy atom. The topological polar surface area (TPSA) is 83.0 Å². The molecule has 1 fully saturated rings. The van der Waals surface area contributed by atoms with Gasteiger partial charge in [0.15, 0.2) is 5.13 Å². The summed E-state index contributed by atoms with van der Waals surface area (Å²) < 4.78 is 37.1. The fourth-order valence-electron chi connectivity index (χ4n) is 3.48. The van der Waals surface area contributed by atoms with Crippen LogP contribution in [0.4, 0.5) is 29.8 Å². The number of amides is 1. The first-order valence-electron chi connectivity index (χ1n) is 10.1. The summed E-state index contributed by atoms with van der Waals surface area (Å²) >= 11 is 1.44. The van der Waals surface area contributed by atoms with Gasteiger partial charge in [0.2, 0.25) is 5.91 Å². The van der Waals surface area contributed by atoms with E-state index in [9.17, 15) is 18.0 Å². The molecule has 3 aromatic rings. The van der Waals surface area contributed by atoms with E-state index in [4.69, 9.17) is 0 Å². The average molecular weight is 463 g/mol. The van der Waals surface area contributed by atoms with Gasteiger partial charge in [-0.2, -0.15) is 13.2 Å². The van der Waals surface area contributed by atoms with Gasteiger partial charge in [0.25, 0.3) is 0 Å². The van der Waals surface area contributed by atoms with Crippen LogP contribution < -0.4 is 15.5 Å². The minimum atomic E-state index is -4.41. The lowest BCUT2D eigenvalue weighted by Crippen LogP contribution is -2.45. The number of pyridine rings is 2. The molecule has 4 rings (SSSR count). The molecule has 32 heavy (non-hydrogen) atoms. The fourth-order valence-corrected chi connectivity index (χ4v) is 4.19. The Kier molecular flexibility index (Phi) is 6.54. The van der Waals surface area contributed by atoms with Crippen molar-refractivity contribution in [3.63, 3.8) is 0 Å². The first kappa shape index (κ1) is 22.0. The van der Waals surface area contributed by atoms with Crippen LogP contribution in [0.25, 0.3) is 11.4 Å². The Morgan fingerprint density at radius 1 is 1.19 bits per heavy atom. The van der Waals surface area contributed by atoms with Crippen molar-refractivity contribution in [3.8, 4) is 11.4 Å². The van der Waals surface area contributed by atoms with Crippen LogP contribution in [0.1, 0.15) is 12.8 Å². The maximum absolute atomic E-state index is 12.4. The molecular formula is C21H21F3N6OS. The SMILES string of the molecule is O=C(NCC(F)(F)F)C1CCCN(c2ccc(Nc3nc(-c4ccccn4)cs3)nc2)C1. The molecule has 0 saturated carbocycles. The maximum Gasteiger partial charge on any atom is 0.405 e. The van der Waals surface area contributed by atoms with Crippen molar-refractivity contribution >= 4 is 33.9 Å². The van der Waals surface area contributed by atoms with Gasteiger partial charge in [0.1, 0.15) is 18.1 Å². The van der Waals surface area contributed by atoms with Crippen LogP contribution >= 0.6 is 11.3 Å². The molecule has 168 valence electrons. The van der Waals surface area contributed by atoms with Crippen LogP contribution in [0, 0.1) is 5.92 Å². The predicted octanol–water partition coefficient (Wildman–Crippen LogP) is 4.24. The van der Waals surface area contributed by atoms with Crippen molar-refractivity contribution in [1.29, 1.82) is 0 Å². The molecule has 0 radical (unpaired) electrons. The van der Waals surface area contributed by atoms with Gasteiger partial charge in [-0.15, -0.1) is 11.3 Å². The van der Waals surface area contributed by atoms with E-state index < -0.39 is 24.5 Å². The summed E-state index contributed by atoms with van der Waals surface area (Å²) in [5.41, 5.74) is 2.38. The fraction of sp³-hybridized carbons (Fsp3) is 0.333. The second-order valence-corrected chi connectivity index (χ2v) is 8.26. The first-order valence-corrected chi connectivity index (χ1v) is 10.9. The molecule has 1 aliphatic rings. The number of aromatic nitrogens is 3. The lowest BCUT2D eigenvalue weighted by atomic mass is 9.97.